The second-order valence-electron chi connectivity index (χ2n) is 8.07. The summed E-state index contributed by atoms with van der Waals surface area (Å²) in [5.74, 6) is -6.39. The van der Waals surface area contributed by atoms with E-state index in [-0.39, 0.29) is 40.5 Å². The fourth-order valence-corrected chi connectivity index (χ4v) is 5.10. The van der Waals surface area contributed by atoms with E-state index in [4.69, 9.17) is 9.47 Å². The summed E-state index contributed by atoms with van der Waals surface area (Å²) in [7, 11) is 0. The number of hydrogen-bond donors (Lipinski definition) is 9. The number of aliphatic hydroxyl groups is 1. The molecule has 196 valence electrons. The zero-order chi connectivity index (χ0) is 27.0. The number of esters is 1. The van der Waals surface area contributed by atoms with Gasteiger partial charge in [0.25, 0.3) is 0 Å². The zero-order valence-electron chi connectivity index (χ0n) is 18.8. The van der Waals surface area contributed by atoms with Crippen LogP contribution in [0.25, 0.3) is 0 Å². The number of aliphatic hydroxyl groups excluding tert-OH is 1. The number of hydrogen-bond acceptors (Lipinski definition) is 13. The molecule has 9 N–H and O–H groups in total. The molecule has 0 saturated heterocycles. The third-order valence-corrected chi connectivity index (χ3v) is 6.88. The van der Waals surface area contributed by atoms with Crippen molar-refractivity contribution in [2.45, 2.75) is 17.5 Å². The molecule has 3 aromatic rings. The third-order valence-electron chi connectivity index (χ3n) is 5.60. The molecule has 13 heteroatoms. The van der Waals surface area contributed by atoms with Gasteiger partial charge in [-0.05, 0) is 24.3 Å². The van der Waals surface area contributed by atoms with Crippen LogP contribution in [0.5, 0.6) is 51.7 Å². The van der Waals surface area contributed by atoms with Gasteiger partial charge < -0.3 is 55.4 Å². The summed E-state index contributed by atoms with van der Waals surface area (Å²) >= 11 is 1.06. The number of phenolic OH excluding ortho intramolecular Hbond substituents is 8. The predicted octanol–water partition coefficient (Wildman–Crippen LogP) is 2.46. The Morgan fingerprint density at radius 2 is 1.38 bits per heavy atom. The molecule has 37 heavy (non-hydrogen) atoms. The van der Waals surface area contributed by atoms with Crippen LogP contribution in [0.2, 0.25) is 0 Å². The van der Waals surface area contributed by atoms with Crippen LogP contribution in [0.15, 0.2) is 36.4 Å². The normalized spacial score (nSPS) is 18.6. The Kier molecular flexibility index (Phi) is 6.92. The molecule has 1 heterocycles. The fraction of sp³-hybridized carbons (Fsp3) is 0.208. The van der Waals surface area contributed by atoms with Gasteiger partial charge in [0.2, 0.25) is 0 Å². The molecule has 0 radical (unpaired) electrons. The molecule has 0 aromatic heterocycles. The minimum absolute atomic E-state index is 0.0165. The highest BCUT2D eigenvalue weighted by molar-refractivity contribution is 7.99. The Morgan fingerprint density at radius 1 is 0.811 bits per heavy atom. The highest BCUT2D eigenvalue weighted by Gasteiger charge is 2.45. The van der Waals surface area contributed by atoms with Crippen molar-refractivity contribution in [1.82, 2.24) is 0 Å². The van der Waals surface area contributed by atoms with Crippen molar-refractivity contribution in [3.05, 3.63) is 53.1 Å². The van der Waals surface area contributed by atoms with Crippen molar-refractivity contribution in [2.24, 2.45) is 0 Å². The van der Waals surface area contributed by atoms with Crippen LogP contribution >= 0.6 is 11.8 Å². The van der Waals surface area contributed by atoms with Crippen LogP contribution < -0.4 is 4.74 Å². The molecule has 1 aliphatic heterocycles. The summed E-state index contributed by atoms with van der Waals surface area (Å²) in [6, 6.07) is 6.06. The third kappa shape index (κ3) is 4.86. The molecule has 3 aromatic carbocycles. The first-order valence-corrected chi connectivity index (χ1v) is 11.7. The number of benzene rings is 3. The molecule has 12 nitrogen and oxygen atoms in total. The summed E-state index contributed by atoms with van der Waals surface area (Å²) in [5, 5.41) is 88.2. The summed E-state index contributed by atoms with van der Waals surface area (Å²) in [4.78, 5) is 13.1. The summed E-state index contributed by atoms with van der Waals surface area (Å²) in [6.45, 7) is -0.290. The maximum Gasteiger partial charge on any atom is 0.338 e. The molecule has 0 amide bonds. The van der Waals surface area contributed by atoms with Gasteiger partial charge in [0, 0.05) is 23.4 Å². The largest absolute Gasteiger partial charge is 0.508 e. The molecule has 4 rings (SSSR count). The lowest BCUT2D eigenvalue weighted by Gasteiger charge is -2.39. The van der Waals surface area contributed by atoms with Gasteiger partial charge in [0.05, 0.1) is 23.0 Å². The van der Waals surface area contributed by atoms with Crippen LogP contribution in [0.1, 0.15) is 32.8 Å². The van der Waals surface area contributed by atoms with Gasteiger partial charge in [0.1, 0.15) is 17.2 Å². The van der Waals surface area contributed by atoms with Gasteiger partial charge >= 0.3 is 5.97 Å². The topological polar surface area (TPSA) is 218 Å². The first kappa shape index (κ1) is 25.7. The highest BCUT2D eigenvalue weighted by Crippen LogP contribution is 2.54. The fourth-order valence-electron chi connectivity index (χ4n) is 3.95. The Hall–Kier alpha value is -4.36. The maximum atomic E-state index is 13.1. The van der Waals surface area contributed by atoms with E-state index in [1.165, 1.54) is 6.07 Å². The molecule has 0 fully saturated rings. The quantitative estimate of drug-likeness (QED) is 0.164. The second-order valence-corrected chi connectivity index (χ2v) is 9.32. The van der Waals surface area contributed by atoms with Crippen LogP contribution in [-0.2, 0) is 4.74 Å². The minimum Gasteiger partial charge on any atom is -0.508 e. The van der Waals surface area contributed by atoms with E-state index in [0.717, 1.165) is 42.1 Å². The average Bonchev–Trinajstić information content (AvgIpc) is 2.83. The number of phenols is 8. The van der Waals surface area contributed by atoms with Crippen molar-refractivity contribution in [3.8, 4) is 51.7 Å². The average molecular weight is 534 g/mol. The standard InChI is InChI=1S/C24H22O12S/c25-1-2-37-23-18-12(27)7-11(26)8-17(18)35-21(9-3-13(28)19(32)14(29)4-9)22(23)36-24(34)10-5-15(30)20(33)16(31)6-10/h3-8,21-23,25-33H,1-2H2/t21-,22+,23+/m1/s1. The van der Waals surface area contributed by atoms with Crippen LogP contribution in [0, 0.1) is 0 Å². The van der Waals surface area contributed by atoms with Crippen molar-refractivity contribution in [1.29, 1.82) is 0 Å². The van der Waals surface area contributed by atoms with Gasteiger partial charge in [0.15, 0.2) is 46.7 Å². The zero-order valence-corrected chi connectivity index (χ0v) is 19.6. The minimum atomic E-state index is -1.34. The molecule has 0 spiro atoms. The van der Waals surface area contributed by atoms with E-state index in [0.29, 0.717) is 0 Å². The Morgan fingerprint density at radius 3 is 1.95 bits per heavy atom. The smallest absolute Gasteiger partial charge is 0.338 e. The van der Waals surface area contributed by atoms with Crippen LogP contribution in [0.3, 0.4) is 0 Å². The van der Waals surface area contributed by atoms with Gasteiger partial charge in [-0.15, -0.1) is 11.8 Å². The molecule has 1 aliphatic rings. The molecule has 3 atom stereocenters. The summed E-state index contributed by atoms with van der Waals surface area (Å²) < 4.78 is 11.6. The first-order valence-electron chi connectivity index (χ1n) is 10.7. The molecular weight excluding hydrogens is 512 g/mol. The van der Waals surface area contributed by atoms with E-state index in [9.17, 15) is 50.8 Å². The van der Waals surface area contributed by atoms with Gasteiger partial charge in [-0.1, -0.05) is 0 Å². The Bertz CT molecular complexity index is 1310. The van der Waals surface area contributed by atoms with Gasteiger partial charge in [-0.25, -0.2) is 4.79 Å². The van der Waals surface area contributed by atoms with Crippen LogP contribution in [-0.4, -0.2) is 70.4 Å². The van der Waals surface area contributed by atoms with Gasteiger partial charge in [-0.3, -0.25) is 0 Å². The van der Waals surface area contributed by atoms with Crippen molar-refractivity contribution >= 4 is 17.7 Å². The molecule has 0 saturated carbocycles. The number of thioether (sulfide) groups is 1. The lowest BCUT2D eigenvalue weighted by Crippen LogP contribution is -2.37. The Balaban J connectivity index is 1.85. The number of fused-ring (bicyclic) bond motifs is 1. The van der Waals surface area contributed by atoms with Gasteiger partial charge in [-0.2, -0.15) is 0 Å². The second kappa shape index (κ2) is 9.95. The predicted molar refractivity (Wildman–Crippen MR) is 128 cm³/mol. The van der Waals surface area contributed by atoms with E-state index in [1.807, 2.05) is 0 Å². The Labute approximate surface area is 212 Å². The van der Waals surface area contributed by atoms with E-state index < -0.39 is 63.7 Å². The van der Waals surface area contributed by atoms with Crippen molar-refractivity contribution in [2.75, 3.05) is 12.4 Å². The lowest BCUT2D eigenvalue weighted by atomic mass is 9.92. The number of ether oxygens (including phenoxy) is 2. The summed E-state index contributed by atoms with van der Waals surface area (Å²) in [6.07, 6.45) is -2.64. The highest BCUT2D eigenvalue weighted by atomic mass is 32.2. The number of rotatable bonds is 6. The first-order chi connectivity index (χ1) is 17.5. The molecule has 0 bridgehead atoms. The van der Waals surface area contributed by atoms with E-state index >= 15 is 0 Å². The number of carbonyl (C=O) groups excluding carboxylic acids is 1. The SMILES string of the molecule is O=C(O[C@H]1[C@@H](c2cc(O)c(O)c(O)c2)Oc2cc(O)cc(O)c2[C@@H]1SCCO)c1cc(O)c(O)c(O)c1. The molecular formula is C24H22O12S. The molecule has 0 aliphatic carbocycles. The lowest BCUT2D eigenvalue weighted by molar-refractivity contribution is -0.0203. The number of carbonyl (C=O) groups is 1. The van der Waals surface area contributed by atoms with E-state index in [2.05, 4.69) is 0 Å². The maximum absolute atomic E-state index is 13.1. The molecule has 0 unspecified atom stereocenters. The monoisotopic (exact) mass is 534 g/mol. The van der Waals surface area contributed by atoms with E-state index in [1.54, 1.807) is 0 Å². The number of aromatic hydroxyl groups is 8. The summed E-state index contributed by atoms with van der Waals surface area (Å²) in [5.41, 5.74) is -0.200. The van der Waals surface area contributed by atoms with Crippen molar-refractivity contribution in [3.63, 3.8) is 0 Å². The van der Waals surface area contributed by atoms with Crippen molar-refractivity contribution < 1.29 is 60.2 Å². The van der Waals surface area contributed by atoms with Crippen LogP contribution in [0.4, 0.5) is 0 Å².